The first kappa shape index (κ1) is 19.4. The van der Waals surface area contributed by atoms with Gasteiger partial charge < -0.3 is 14.7 Å². The Morgan fingerprint density at radius 1 is 1.15 bits per heavy atom. The number of rotatable bonds is 5. The lowest BCUT2D eigenvalue weighted by atomic mass is 10.1. The number of aryl methyl sites for hydroxylation is 1. The molecule has 2 aromatic carbocycles. The van der Waals surface area contributed by atoms with E-state index in [-0.39, 0.29) is 18.8 Å². The quantitative estimate of drug-likeness (QED) is 0.764. The zero-order valence-electron chi connectivity index (χ0n) is 15.1. The van der Waals surface area contributed by atoms with E-state index >= 15 is 0 Å². The number of aliphatic hydroxyl groups is 1. The van der Waals surface area contributed by atoms with Crippen molar-refractivity contribution >= 4 is 17.3 Å². The molecule has 1 aliphatic heterocycles. The Morgan fingerprint density at radius 2 is 1.93 bits per heavy atom. The van der Waals surface area contributed by atoms with Gasteiger partial charge in [0, 0.05) is 29.1 Å². The van der Waals surface area contributed by atoms with E-state index < -0.39 is 11.6 Å². The van der Waals surface area contributed by atoms with Gasteiger partial charge in [-0.15, -0.1) is 0 Å². The third-order valence-electron chi connectivity index (χ3n) is 4.48. The highest BCUT2D eigenvalue weighted by atomic mass is 35.5. The summed E-state index contributed by atoms with van der Waals surface area (Å²) in [7, 11) is 0. The molecule has 0 atom stereocenters. The van der Waals surface area contributed by atoms with Crippen LogP contribution in [0.15, 0.2) is 59.0 Å². The predicted octanol–water partition coefficient (Wildman–Crippen LogP) is 5.16. The van der Waals surface area contributed by atoms with Gasteiger partial charge in [-0.2, -0.15) is 0 Å². The summed E-state index contributed by atoms with van der Waals surface area (Å²) in [5.74, 6) is -0.815. The highest BCUT2D eigenvalue weighted by Crippen LogP contribution is 2.32. The molecule has 0 spiro atoms. The fourth-order valence-electron chi connectivity index (χ4n) is 2.92. The summed E-state index contributed by atoms with van der Waals surface area (Å²) >= 11 is 6.42. The van der Waals surface area contributed by atoms with Crippen LogP contribution in [-0.4, -0.2) is 11.7 Å². The first-order chi connectivity index (χ1) is 12.9. The average molecular weight is 392 g/mol. The Labute approximate surface area is 162 Å². The topological polar surface area (TPSA) is 32.7 Å². The number of benzene rings is 2. The second-order valence-corrected chi connectivity index (χ2v) is 6.90. The molecule has 0 saturated heterocycles. The van der Waals surface area contributed by atoms with Gasteiger partial charge >= 0.3 is 0 Å². The Balaban J connectivity index is 1.78. The highest BCUT2D eigenvalue weighted by molar-refractivity contribution is 6.30. The summed E-state index contributed by atoms with van der Waals surface area (Å²) in [6.07, 6.45) is 1.79. The summed E-state index contributed by atoms with van der Waals surface area (Å²) in [5, 5.41) is 9.87. The number of halogens is 3. The van der Waals surface area contributed by atoms with Crippen molar-refractivity contribution in [2.24, 2.45) is 0 Å². The van der Waals surface area contributed by atoms with Crippen molar-refractivity contribution in [3.63, 3.8) is 0 Å². The summed E-state index contributed by atoms with van der Waals surface area (Å²) in [5.41, 5.74) is 4.00. The molecule has 6 heteroatoms. The molecule has 0 saturated carbocycles. The molecule has 0 amide bonds. The van der Waals surface area contributed by atoms with Crippen molar-refractivity contribution in [3.8, 4) is 0 Å². The van der Waals surface area contributed by atoms with E-state index in [4.69, 9.17) is 16.3 Å². The Hall–Kier alpha value is -2.37. The summed E-state index contributed by atoms with van der Waals surface area (Å²) in [6, 6.07) is 9.14. The van der Waals surface area contributed by atoms with E-state index in [1.54, 1.807) is 6.08 Å². The monoisotopic (exact) mass is 391 g/mol. The molecule has 142 valence electrons. The number of nitrogens with zero attached hydrogens (tertiary/aromatic N) is 1. The first-order valence-electron chi connectivity index (χ1n) is 8.50. The highest BCUT2D eigenvalue weighted by Gasteiger charge is 2.21. The molecule has 0 aliphatic carbocycles. The molecule has 1 heterocycles. The van der Waals surface area contributed by atoms with E-state index in [1.807, 2.05) is 36.9 Å². The second kappa shape index (κ2) is 8.11. The van der Waals surface area contributed by atoms with Gasteiger partial charge in [0.2, 0.25) is 0 Å². The molecule has 0 fully saturated rings. The number of hydrogen-bond acceptors (Lipinski definition) is 3. The van der Waals surface area contributed by atoms with E-state index in [2.05, 4.69) is 0 Å². The molecule has 1 aliphatic rings. The predicted molar refractivity (Wildman–Crippen MR) is 102 cm³/mol. The van der Waals surface area contributed by atoms with Crippen LogP contribution in [0.4, 0.5) is 14.5 Å². The minimum Gasteiger partial charge on any atom is -0.487 e. The van der Waals surface area contributed by atoms with Crippen molar-refractivity contribution < 1.29 is 18.6 Å². The van der Waals surface area contributed by atoms with E-state index in [0.29, 0.717) is 17.3 Å². The maximum Gasteiger partial charge on any atom is 0.137 e. The number of ether oxygens (including phenoxy) is 1. The molecular formula is C21H20ClF2NO2. The number of hydrogen-bond donors (Lipinski definition) is 1. The molecule has 0 aromatic heterocycles. The Bertz CT molecular complexity index is 924. The summed E-state index contributed by atoms with van der Waals surface area (Å²) < 4.78 is 32.4. The van der Waals surface area contributed by atoms with Crippen LogP contribution in [0.1, 0.15) is 23.6 Å². The number of anilines is 1. The van der Waals surface area contributed by atoms with Gasteiger partial charge in [0.15, 0.2) is 0 Å². The van der Waals surface area contributed by atoms with Gasteiger partial charge in [-0.3, -0.25) is 0 Å². The normalized spacial score (nSPS) is 14.4. The van der Waals surface area contributed by atoms with Crippen LogP contribution in [0.2, 0.25) is 0 Å². The molecule has 0 radical (unpaired) electrons. The lowest BCUT2D eigenvalue weighted by Crippen LogP contribution is -2.27. The van der Waals surface area contributed by atoms with E-state index in [9.17, 15) is 13.9 Å². The summed E-state index contributed by atoms with van der Waals surface area (Å²) in [6.45, 7) is 4.24. The van der Waals surface area contributed by atoms with Crippen LogP contribution in [0.25, 0.3) is 0 Å². The SMILES string of the molecule is CC1=CC(OCc2ccc(F)cc2F)=C(Cl)CN1c1cc(CO)ccc1C. The Kier molecular flexibility index (Phi) is 5.82. The minimum atomic E-state index is -0.652. The minimum absolute atomic E-state index is 0.0367. The lowest BCUT2D eigenvalue weighted by Gasteiger charge is -2.31. The second-order valence-electron chi connectivity index (χ2n) is 6.44. The van der Waals surface area contributed by atoms with Crippen molar-refractivity contribution in [1.29, 1.82) is 0 Å². The molecule has 0 bridgehead atoms. The molecule has 3 rings (SSSR count). The molecule has 1 N–H and O–H groups in total. The lowest BCUT2D eigenvalue weighted by molar-refractivity contribution is 0.204. The number of allylic oxidation sites excluding steroid dienone is 2. The zero-order valence-corrected chi connectivity index (χ0v) is 15.9. The maximum atomic E-state index is 13.8. The van der Waals surface area contributed by atoms with Gasteiger partial charge in [-0.05, 0) is 43.2 Å². The fourth-order valence-corrected chi connectivity index (χ4v) is 3.15. The van der Waals surface area contributed by atoms with Crippen LogP contribution < -0.4 is 4.90 Å². The van der Waals surface area contributed by atoms with Gasteiger partial charge in [0.1, 0.15) is 24.0 Å². The third kappa shape index (κ3) is 4.31. The number of aliphatic hydroxyl groups excluding tert-OH is 1. The van der Waals surface area contributed by atoms with Gasteiger partial charge in [-0.1, -0.05) is 23.7 Å². The van der Waals surface area contributed by atoms with Crippen molar-refractivity contribution in [1.82, 2.24) is 0 Å². The van der Waals surface area contributed by atoms with E-state index in [1.165, 1.54) is 12.1 Å². The van der Waals surface area contributed by atoms with Crippen LogP contribution >= 0.6 is 11.6 Å². The summed E-state index contributed by atoms with van der Waals surface area (Å²) in [4.78, 5) is 2.03. The van der Waals surface area contributed by atoms with Gasteiger partial charge in [0.25, 0.3) is 0 Å². The maximum absolute atomic E-state index is 13.8. The third-order valence-corrected chi connectivity index (χ3v) is 4.78. The molecule has 27 heavy (non-hydrogen) atoms. The van der Waals surface area contributed by atoms with E-state index in [0.717, 1.165) is 28.6 Å². The standard InChI is InChI=1S/C21H20ClF2NO2/c1-13-3-4-15(11-26)8-20(13)25-10-18(22)21(7-14(25)2)27-12-16-5-6-17(23)9-19(16)24/h3-9,26H,10-12H2,1-2H3. The first-order valence-corrected chi connectivity index (χ1v) is 8.88. The van der Waals surface area contributed by atoms with Crippen molar-refractivity contribution in [3.05, 3.63) is 87.3 Å². The van der Waals surface area contributed by atoms with Crippen LogP contribution in [0.3, 0.4) is 0 Å². The fraction of sp³-hybridized carbons (Fsp3) is 0.238. The molecule has 2 aromatic rings. The average Bonchev–Trinajstić information content (AvgIpc) is 2.64. The van der Waals surface area contributed by atoms with Crippen LogP contribution in [-0.2, 0) is 18.0 Å². The molecular weight excluding hydrogens is 372 g/mol. The molecule has 0 unspecified atom stereocenters. The van der Waals surface area contributed by atoms with Gasteiger partial charge in [0.05, 0.1) is 18.2 Å². The van der Waals surface area contributed by atoms with Crippen LogP contribution in [0.5, 0.6) is 0 Å². The largest absolute Gasteiger partial charge is 0.487 e. The zero-order chi connectivity index (χ0) is 19.6. The van der Waals surface area contributed by atoms with Crippen molar-refractivity contribution in [2.75, 3.05) is 11.4 Å². The van der Waals surface area contributed by atoms with Crippen molar-refractivity contribution in [2.45, 2.75) is 27.1 Å². The Morgan fingerprint density at radius 3 is 2.63 bits per heavy atom. The molecule has 3 nitrogen and oxygen atoms in total. The van der Waals surface area contributed by atoms with Gasteiger partial charge in [-0.25, -0.2) is 8.78 Å². The smallest absolute Gasteiger partial charge is 0.137 e. The van der Waals surface area contributed by atoms with Crippen LogP contribution in [0, 0.1) is 18.6 Å².